The van der Waals surface area contributed by atoms with E-state index in [1.807, 2.05) is 36.1 Å². The summed E-state index contributed by atoms with van der Waals surface area (Å²) >= 11 is 0. The normalized spacial score (nSPS) is 17.8. The second-order valence-electron chi connectivity index (χ2n) is 6.23. The van der Waals surface area contributed by atoms with E-state index in [1.54, 1.807) is 12.4 Å². The molecule has 1 aliphatic rings. The van der Waals surface area contributed by atoms with Crippen LogP contribution in [0.3, 0.4) is 0 Å². The second kappa shape index (κ2) is 6.77. The fourth-order valence-corrected chi connectivity index (χ4v) is 2.89. The highest BCUT2D eigenvalue weighted by Crippen LogP contribution is 2.19. The Morgan fingerprint density at radius 1 is 1.26 bits per heavy atom. The Morgan fingerprint density at radius 3 is 2.70 bits per heavy atom. The van der Waals surface area contributed by atoms with Crippen LogP contribution in [-0.2, 0) is 0 Å². The van der Waals surface area contributed by atoms with Gasteiger partial charge in [0.2, 0.25) is 5.95 Å². The first-order valence-electron chi connectivity index (χ1n) is 8.07. The molecule has 23 heavy (non-hydrogen) atoms. The average molecular weight is 310 g/mol. The lowest BCUT2D eigenvalue weighted by atomic mass is 10.00. The minimum absolute atomic E-state index is 0.0268. The lowest BCUT2D eigenvalue weighted by molar-refractivity contribution is 0.0682. The molecular weight excluding hydrogens is 288 g/mol. The Labute approximate surface area is 136 Å². The fraction of sp³-hybridized carbons (Fsp3) is 0.389. The smallest absolute Gasteiger partial charge is 0.257 e. The molecule has 1 unspecified atom stereocenters. The van der Waals surface area contributed by atoms with Crippen LogP contribution in [-0.4, -0.2) is 33.9 Å². The van der Waals surface area contributed by atoms with Gasteiger partial charge in [0.15, 0.2) is 0 Å². The lowest BCUT2D eigenvalue weighted by Gasteiger charge is -2.30. The number of carbonyl (C=O) groups is 1. The van der Waals surface area contributed by atoms with Gasteiger partial charge in [-0.2, -0.15) is 0 Å². The van der Waals surface area contributed by atoms with Gasteiger partial charge in [0, 0.05) is 31.2 Å². The van der Waals surface area contributed by atoms with Crippen molar-refractivity contribution < 1.29 is 4.79 Å². The lowest BCUT2D eigenvalue weighted by Crippen LogP contribution is -2.39. The highest BCUT2D eigenvalue weighted by molar-refractivity contribution is 5.93. The molecule has 5 heteroatoms. The van der Waals surface area contributed by atoms with Gasteiger partial charge in [-0.1, -0.05) is 25.1 Å². The molecule has 0 aliphatic carbocycles. The van der Waals surface area contributed by atoms with Crippen LogP contribution < -0.4 is 5.32 Å². The molecule has 3 rings (SSSR count). The first-order valence-corrected chi connectivity index (χ1v) is 8.07. The second-order valence-corrected chi connectivity index (χ2v) is 6.23. The van der Waals surface area contributed by atoms with Crippen molar-refractivity contribution in [3.8, 4) is 0 Å². The zero-order chi connectivity index (χ0) is 16.2. The van der Waals surface area contributed by atoms with Crippen molar-refractivity contribution >= 4 is 17.5 Å². The third-order valence-electron chi connectivity index (χ3n) is 4.23. The molecule has 1 saturated heterocycles. The molecule has 5 nitrogen and oxygen atoms in total. The molecule has 0 saturated carbocycles. The van der Waals surface area contributed by atoms with Crippen LogP contribution in [0.5, 0.6) is 0 Å². The maximum absolute atomic E-state index is 12.5. The maximum Gasteiger partial charge on any atom is 0.257 e. The predicted molar refractivity (Wildman–Crippen MR) is 90.8 cm³/mol. The number of nitrogens with one attached hydrogen (secondary N) is 1. The van der Waals surface area contributed by atoms with Gasteiger partial charge in [-0.3, -0.25) is 4.79 Å². The van der Waals surface area contributed by atoms with E-state index in [2.05, 4.69) is 22.2 Å². The first-order chi connectivity index (χ1) is 11.1. The average Bonchev–Trinajstić information content (AvgIpc) is 2.57. The van der Waals surface area contributed by atoms with E-state index < -0.39 is 0 Å². The molecule has 2 heterocycles. The van der Waals surface area contributed by atoms with E-state index in [0.717, 1.165) is 30.8 Å². The monoisotopic (exact) mass is 310 g/mol. The third-order valence-corrected chi connectivity index (χ3v) is 4.23. The molecule has 1 aromatic heterocycles. The summed E-state index contributed by atoms with van der Waals surface area (Å²) in [6.45, 7) is 5.86. The van der Waals surface area contributed by atoms with E-state index >= 15 is 0 Å². The van der Waals surface area contributed by atoms with Gasteiger partial charge in [0.1, 0.15) is 0 Å². The van der Waals surface area contributed by atoms with Crippen molar-refractivity contribution in [3.63, 3.8) is 0 Å². The number of para-hydroxylation sites is 1. The number of nitrogens with zero attached hydrogens (tertiary/aromatic N) is 3. The SMILES string of the molecule is Cc1ccccc1Nc1ncc(C(=O)N2CCCC(C)C2)cn1. The summed E-state index contributed by atoms with van der Waals surface area (Å²) in [4.78, 5) is 23.0. The Morgan fingerprint density at radius 2 is 2.00 bits per heavy atom. The summed E-state index contributed by atoms with van der Waals surface area (Å²) in [6.07, 6.45) is 5.48. The van der Waals surface area contributed by atoms with Gasteiger partial charge >= 0.3 is 0 Å². The molecule has 1 aliphatic heterocycles. The number of rotatable bonds is 3. The van der Waals surface area contributed by atoms with Crippen LogP contribution in [0.2, 0.25) is 0 Å². The fourth-order valence-electron chi connectivity index (χ4n) is 2.89. The topological polar surface area (TPSA) is 58.1 Å². The number of piperidine rings is 1. The molecule has 0 bridgehead atoms. The highest BCUT2D eigenvalue weighted by atomic mass is 16.2. The number of hydrogen-bond acceptors (Lipinski definition) is 4. The van der Waals surface area contributed by atoms with Crippen LogP contribution >= 0.6 is 0 Å². The Hall–Kier alpha value is -2.43. The van der Waals surface area contributed by atoms with E-state index in [-0.39, 0.29) is 5.91 Å². The van der Waals surface area contributed by atoms with Gasteiger partial charge in [-0.05, 0) is 37.3 Å². The van der Waals surface area contributed by atoms with Crippen molar-refractivity contribution in [1.82, 2.24) is 14.9 Å². The Kier molecular flexibility index (Phi) is 4.55. The van der Waals surface area contributed by atoms with Crippen LogP contribution in [0.1, 0.15) is 35.7 Å². The molecular formula is C18H22N4O. The Bertz CT molecular complexity index is 684. The quantitative estimate of drug-likeness (QED) is 0.944. The highest BCUT2D eigenvalue weighted by Gasteiger charge is 2.22. The molecule has 1 atom stereocenters. The number of aryl methyl sites for hydroxylation is 1. The Balaban J connectivity index is 1.69. The zero-order valence-electron chi connectivity index (χ0n) is 13.6. The van der Waals surface area contributed by atoms with Gasteiger partial charge in [0.25, 0.3) is 5.91 Å². The van der Waals surface area contributed by atoms with Crippen LogP contribution in [0, 0.1) is 12.8 Å². The number of likely N-dealkylation sites (tertiary alicyclic amines) is 1. The summed E-state index contributed by atoms with van der Waals surface area (Å²) in [5, 5.41) is 3.18. The number of aromatic nitrogens is 2. The van der Waals surface area contributed by atoms with Gasteiger partial charge in [-0.25, -0.2) is 9.97 Å². The third kappa shape index (κ3) is 3.67. The number of benzene rings is 1. The number of hydrogen-bond donors (Lipinski definition) is 1. The summed E-state index contributed by atoms with van der Waals surface area (Å²) in [6, 6.07) is 7.96. The summed E-state index contributed by atoms with van der Waals surface area (Å²) in [5.41, 5.74) is 2.64. The molecule has 1 fully saturated rings. The predicted octanol–water partition coefficient (Wildman–Crippen LogP) is 3.40. The van der Waals surface area contributed by atoms with Crippen LogP contribution in [0.4, 0.5) is 11.6 Å². The number of amides is 1. The molecule has 0 radical (unpaired) electrons. The molecule has 1 amide bonds. The van der Waals surface area contributed by atoms with E-state index in [0.29, 0.717) is 17.4 Å². The maximum atomic E-state index is 12.5. The molecule has 2 aromatic rings. The zero-order valence-corrected chi connectivity index (χ0v) is 13.6. The minimum atomic E-state index is 0.0268. The van der Waals surface area contributed by atoms with E-state index in [9.17, 15) is 4.79 Å². The summed E-state index contributed by atoms with van der Waals surface area (Å²) in [5.74, 6) is 1.09. The molecule has 1 N–H and O–H groups in total. The molecule has 1 aromatic carbocycles. The van der Waals surface area contributed by atoms with Crippen LogP contribution in [0.25, 0.3) is 0 Å². The van der Waals surface area contributed by atoms with Gasteiger partial charge in [0.05, 0.1) is 5.56 Å². The number of carbonyl (C=O) groups excluding carboxylic acids is 1. The standard InChI is InChI=1S/C18H22N4O/c1-13-6-5-9-22(12-13)17(23)15-10-19-18(20-11-15)21-16-8-4-3-7-14(16)2/h3-4,7-8,10-11,13H,5-6,9,12H2,1-2H3,(H,19,20,21). The van der Waals surface area contributed by atoms with E-state index in [4.69, 9.17) is 0 Å². The summed E-state index contributed by atoms with van der Waals surface area (Å²) in [7, 11) is 0. The molecule has 0 spiro atoms. The van der Waals surface area contributed by atoms with E-state index in [1.165, 1.54) is 6.42 Å². The van der Waals surface area contributed by atoms with Crippen molar-refractivity contribution in [2.45, 2.75) is 26.7 Å². The van der Waals surface area contributed by atoms with Crippen molar-refractivity contribution in [3.05, 3.63) is 47.8 Å². The first kappa shape index (κ1) is 15.5. The van der Waals surface area contributed by atoms with Crippen molar-refractivity contribution in [1.29, 1.82) is 0 Å². The number of anilines is 2. The molecule has 120 valence electrons. The van der Waals surface area contributed by atoms with Gasteiger partial charge < -0.3 is 10.2 Å². The largest absolute Gasteiger partial charge is 0.338 e. The van der Waals surface area contributed by atoms with Gasteiger partial charge in [-0.15, -0.1) is 0 Å². The minimum Gasteiger partial charge on any atom is -0.338 e. The van der Waals surface area contributed by atoms with Crippen molar-refractivity contribution in [2.75, 3.05) is 18.4 Å². The van der Waals surface area contributed by atoms with Crippen molar-refractivity contribution in [2.24, 2.45) is 5.92 Å². The van der Waals surface area contributed by atoms with Crippen LogP contribution in [0.15, 0.2) is 36.7 Å². The summed E-state index contributed by atoms with van der Waals surface area (Å²) < 4.78 is 0.